The van der Waals surface area contributed by atoms with Crippen LogP contribution in [0.5, 0.6) is 0 Å². The van der Waals surface area contributed by atoms with E-state index < -0.39 is 11.9 Å². The van der Waals surface area contributed by atoms with Gasteiger partial charge in [-0.05, 0) is 43.2 Å². The van der Waals surface area contributed by atoms with Gasteiger partial charge >= 0.3 is 5.97 Å². The third-order valence-electron chi connectivity index (χ3n) is 2.94. The van der Waals surface area contributed by atoms with Crippen LogP contribution < -0.4 is 5.32 Å². The van der Waals surface area contributed by atoms with E-state index in [1.807, 2.05) is 26.0 Å². The molecule has 0 radical (unpaired) electrons. The van der Waals surface area contributed by atoms with Gasteiger partial charge in [0.2, 0.25) is 5.76 Å². The van der Waals surface area contributed by atoms with Crippen molar-refractivity contribution in [2.45, 2.75) is 13.8 Å². The third kappa shape index (κ3) is 3.26. The van der Waals surface area contributed by atoms with Crippen LogP contribution in [0.15, 0.2) is 41.0 Å². The lowest BCUT2D eigenvalue weighted by Crippen LogP contribution is -2.21. The molecule has 20 heavy (non-hydrogen) atoms. The maximum Gasteiger partial charge on any atom is 0.374 e. The van der Waals surface area contributed by atoms with Crippen molar-refractivity contribution in [2.24, 2.45) is 0 Å². The quantitative estimate of drug-likeness (QED) is 0.870. The van der Waals surface area contributed by atoms with Gasteiger partial charge in [0.25, 0.3) is 5.91 Å². The van der Waals surface area contributed by atoms with Gasteiger partial charge < -0.3 is 14.5 Å². The molecule has 0 fully saturated rings. The molecule has 1 N–H and O–H groups in total. The third-order valence-corrected chi connectivity index (χ3v) is 2.94. The fourth-order valence-corrected chi connectivity index (χ4v) is 1.67. The van der Waals surface area contributed by atoms with E-state index >= 15 is 0 Å². The normalized spacial score (nSPS) is 10.1. The molecule has 0 unspecified atom stereocenters. The molecule has 0 spiro atoms. The van der Waals surface area contributed by atoms with Crippen molar-refractivity contribution in [2.75, 3.05) is 11.9 Å². The lowest BCUT2D eigenvalue weighted by molar-refractivity contribution is -0.119. The number of amides is 1. The molecule has 5 heteroatoms. The molecule has 1 heterocycles. The number of ether oxygens (including phenoxy) is 1. The van der Waals surface area contributed by atoms with Gasteiger partial charge in [-0.3, -0.25) is 4.79 Å². The number of anilines is 1. The van der Waals surface area contributed by atoms with E-state index in [1.54, 1.807) is 12.1 Å². The first-order valence-electron chi connectivity index (χ1n) is 6.14. The lowest BCUT2D eigenvalue weighted by Gasteiger charge is -2.10. The highest BCUT2D eigenvalue weighted by atomic mass is 16.5. The fraction of sp³-hybridized carbons (Fsp3) is 0.200. The standard InChI is InChI=1S/C15H15NO4/c1-10-5-3-6-12(11(10)2)16-14(17)9-20-15(18)13-7-4-8-19-13/h3-8H,9H2,1-2H3,(H,16,17). The Bertz CT molecular complexity index is 617. The summed E-state index contributed by atoms with van der Waals surface area (Å²) in [6.45, 7) is 3.52. The summed E-state index contributed by atoms with van der Waals surface area (Å²) in [4.78, 5) is 23.2. The molecular formula is C15H15NO4. The van der Waals surface area contributed by atoms with Crippen molar-refractivity contribution < 1.29 is 18.7 Å². The number of carbonyl (C=O) groups is 2. The maximum atomic E-state index is 11.7. The van der Waals surface area contributed by atoms with E-state index in [0.717, 1.165) is 11.1 Å². The minimum absolute atomic E-state index is 0.0736. The Morgan fingerprint density at radius 2 is 2.00 bits per heavy atom. The molecule has 0 aliphatic heterocycles. The number of benzene rings is 1. The molecule has 2 aromatic rings. The van der Waals surface area contributed by atoms with Crippen LogP contribution in [0.25, 0.3) is 0 Å². The Morgan fingerprint density at radius 3 is 2.70 bits per heavy atom. The SMILES string of the molecule is Cc1cccc(NC(=O)COC(=O)c2ccco2)c1C. The Hall–Kier alpha value is -2.56. The highest BCUT2D eigenvalue weighted by Crippen LogP contribution is 2.17. The number of nitrogens with one attached hydrogen (secondary N) is 1. The van der Waals surface area contributed by atoms with Crippen LogP contribution in [0.1, 0.15) is 21.7 Å². The first-order chi connectivity index (χ1) is 9.58. The van der Waals surface area contributed by atoms with Crippen molar-refractivity contribution >= 4 is 17.6 Å². The lowest BCUT2D eigenvalue weighted by atomic mass is 10.1. The number of hydrogen-bond acceptors (Lipinski definition) is 4. The van der Waals surface area contributed by atoms with E-state index in [2.05, 4.69) is 5.32 Å². The topological polar surface area (TPSA) is 68.5 Å². The zero-order valence-electron chi connectivity index (χ0n) is 11.3. The van der Waals surface area contributed by atoms with Crippen LogP contribution in [0.3, 0.4) is 0 Å². The second-order valence-electron chi connectivity index (χ2n) is 4.35. The largest absolute Gasteiger partial charge is 0.457 e. The molecule has 0 saturated heterocycles. The molecule has 5 nitrogen and oxygen atoms in total. The summed E-state index contributed by atoms with van der Waals surface area (Å²) < 4.78 is 9.72. The first-order valence-corrected chi connectivity index (χ1v) is 6.14. The summed E-state index contributed by atoms with van der Waals surface area (Å²) in [5, 5.41) is 2.70. The van der Waals surface area contributed by atoms with Crippen molar-refractivity contribution in [1.82, 2.24) is 0 Å². The van der Waals surface area contributed by atoms with Gasteiger partial charge in [-0.15, -0.1) is 0 Å². The van der Waals surface area contributed by atoms with Crippen LogP contribution >= 0.6 is 0 Å². The van der Waals surface area contributed by atoms with E-state index in [-0.39, 0.29) is 12.4 Å². The maximum absolute atomic E-state index is 11.7. The highest BCUT2D eigenvalue weighted by Gasteiger charge is 2.13. The molecule has 0 saturated carbocycles. The molecule has 1 aromatic carbocycles. The van der Waals surface area contributed by atoms with E-state index in [4.69, 9.17) is 9.15 Å². The number of esters is 1. The van der Waals surface area contributed by atoms with Gasteiger partial charge in [-0.2, -0.15) is 0 Å². The number of furan rings is 1. The average Bonchev–Trinajstić information content (AvgIpc) is 2.95. The summed E-state index contributed by atoms with van der Waals surface area (Å²) in [6.07, 6.45) is 1.37. The summed E-state index contributed by atoms with van der Waals surface area (Å²) in [5.41, 5.74) is 2.78. The minimum Gasteiger partial charge on any atom is -0.457 e. The minimum atomic E-state index is -0.661. The number of rotatable bonds is 4. The van der Waals surface area contributed by atoms with Gasteiger partial charge in [0, 0.05) is 5.69 Å². The molecule has 2 rings (SSSR count). The van der Waals surface area contributed by atoms with Crippen LogP contribution in [0.4, 0.5) is 5.69 Å². The predicted molar refractivity (Wildman–Crippen MR) is 73.5 cm³/mol. The van der Waals surface area contributed by atoms with E-state index in [0.29, 0.717) is 5.69 Å². The van der Waals surface area contributed by atoms with Gasteiger partial charge in [0.05, 0.1) is 6.26 Å². The smallest absolute Gasteiger partial charge is 0.374 e. The number of carbonyl (C=O) groups excluding carboxylic acids is 2. The molecule has 0 aliphatic rings. The zero-order valence-corrected chi connectivity index (χ0v) is 11.3. The van der Waals surface area contributed by atoms with Crippen LogP contribution in [-0.2, 0) is 9.53 Å². The zero-order chi connectivity index (χ0) is 14.5. The van der Waals surface area contributed by atoms with Crippen LogP contribution in [0, 0.1) is 13.8 Å². The summed E-state index contributed by atoms with van der Waals surface area (Å²) >= 11 is 0. The second kappa shape index (κ2) is 6.06. The molecular weight excluding hydrogens is 258 g/mol. The van der Waals surface area contributed by atoms with E-state index in [9.17, 15) is 9.59 Å². The van der Waals surface area contributed by atoms with Gasteiger partial charge in [-0.25, -0.2) is 4.79 Å². The molecule has 104 valence electrons. The molecule has 0 aliphatic carbocycles. The highest BCUT2D eigenvalue weighted by molar-refractivity contribution is 5.95. The van der Waals surface area contributed by atoms with Crippen LogP contribution in [0.2, 0.25) is 0 Å². The van der Waals surface area contributed by atoms with Crippen molar-refractivity contribution in [3.05, 3.63) is 53.5 Å². The Labute approximate surface area is 116 Å². The predicted octanol–water partition coefficient (Wildman–Crippen LogP) is 2.69. The monoisotopic (exact) mass is 273 g/mol. The Kier molecular flexibility index (Phi) is 4.20. The molecule has 1 amide bonds. The van der Waals surface area contributed by atoms with Gasteiger partial charge in [0.15, 0.2) is 6.61 Å². The molecule has 0 atom stereocenters. The first kappa shape index (κ1) is 13.9. The Balaban J connectivity index is 1.90. The summed E-state index contributed by atoms with van der Waals surface area (Å²) in [6, 6.07) is 8.67. The second-order valence-corrected chi connectivity index (χ2v) is 4.35. The van der Waals surface area contributed by atoms with Gasteiger partial charge in [0.1, 0.15) is 0 Å². The molecule has 0 bridgehead atoms. The molecule has 1 aromatic heterocycles. The average molecular weight is 273 g/mol. The summed E-state index contributed by atoms with van der Waals surface area (Å²) in [7, 11) is 0. The van der Waals surface area contributed by atoms with Crippen molar-refractivity contribution in [3.8, 4) is 0 Å². The van der Waals surface area contributed by atoms with Crippen molar-refractivity contribution in [3.63, 3.8) is 0 Å². The van der Waals surface area contributed by atoms with E-state index in [1.165, 1.54) is 12.3 Å². The fourth-order valence-electron chi connectivity index (χ4n) is 1.67. The Morgan fingerprint density at radius 1 is 1.20 bits per heavy atom. The number of aryl methyl sites for hydroxylation is 1. The van der Waals surface area contributed by atoms with Gasteiger partial charge in [-0.1, -0.05) is 12.1 Å². The van der Waals surface area contributed by atoms with Crippen molar-refractivity contribution in [1.29, 1.82) is 0 Å². The summed E-state index contributed by atoms with van der Waals surface area (Å²) in [5.74, 6) is -0.978. The number of hydrogen-bond donors (Lipinski definition) is 1. The van der Waals surface area contributed by atoms with Crippen LogP contribution in [-0.4, -0.2) is 18.5 Å².